The predicted molar refractivity (Wildman–Crippen MR) is 78.4 cm³/mol. The van der Waals surface area contributed by atoms with Gasteiger partial charge < -0.3 is 5.32 Å². The Morgan fingerprint density at radius 1 is 1.10 bits per heavy atom. The number of hydrogen-bond acceptors (Lipinski definition) is 3. The molecule has 2 aromatic rings. The highest BCUT2D eigenvalue weighted by atomic mass is 35.5. The van der Waals surface area contributed by atoms with Crippen LogP contribution < -0.4 is 5.32 Å². The molecule has 1 aliphatic rings. The number of nitrogens with zero attached hydrogens (tertiary/aromatic N) is 2. The van der Waals surface area contributed by atoms with Gasteiger partial charge in [-0.15, -0.1) is 0 Å². The van der Waals surface area contributed by atoms with Gasteiger partial charge in [0.1, 0.15) is 12.0 Å². The third-order valence-electron chi connectivity index (χ3n) is 3.04. The van der Waals surface area contributed by atoms with E-state index in [4.69, 9.17) is 23.2 Å². The molecule has 20 heavy (non-hydrogen) atoms. The Hall–Kier alpha value is -1.65. The van der Waals surface area contributed by atoms with Crippen LogP contribution >= 0.6 is 23.2 Å². The van der Waals surface area contributed by atoms with Crippen molar-refractivity contribution >= 4 is 34.8 Å². The fourth-order valence-electron chi connectivity index (χ4n) is 1.92. The Bertz CT molecular complexity index is 651. The summed E-state index contributed by atoms with van der Waals surface area (Å²) < 4.78 is 0. The second-order valence-electron chi connectivity index (χ2n) is 4.71. The molecule has 3 rings (SSSR count). The number of carbonyl (C=O) groups is 1. The van der Waals surface area contributed by atoms with Crippen LogP contribution in [0.25, 0.3) is 0 Å². The SMILES string of the molecule is O=C(Nc1cc(Cl)cc(Cl)c1)c1cc(C2CC2)ncn1. The molecule has 1 N–H and O–H groups in total. The van der Waals surface area contributed by atoms with Crippen molar-refractivity contribution < 1.29 is 4.79 Å². The molecular weight excluding hydrogens is 297 g/mol. The molecule has 0 bridgehead atoms. The van der Waals surface area contributed by atoms with Crippen molar-refractivity contribution in [2.75, 3.05) is 5.32 Å². The number of nitrogens with one attached hydrogen (secondary N) is 1. The van der Waals surface area contributed by atoms with E-state index in [1.807, 2.05) is 0 Å². The summed E-state index contributed by atoms with van der Waals surface area (Å²) in [5.41, 5.74) is 1.81. The molecule has 1 fully saturated rings. The van der Waals surface area contributed by atoms with Gasteiger partial charge in [0.2, 0.25) is 0 Å². The monoisotopic (exact) mass is 307 g/mol. The number of amides is 1. The Labute approximate surface area is 126 Å². The van der Waals surface area contributed by atoms with E-state index >= 15 is 0 Å². The number of benzene rings is 1. The van der Waals surface area contributed by atoms with Crippen molar-refractivity contribution in [2.24, 2.45) is 0 Å². The maximum Gasteiger partial charge on any atom is 0.274 e. The topological polar surface area (TPSA) is 54.9 Å². The van der Waals surface area contributed by atoms with E-state index in [2.05, 4.69) is 15.3 Å². The minimum absolute atomic E-state index is 0.298. The quantitative estimate of drug-likeness (QED) is 0.935. The highest BCUT2D eigenvalue weighted by Crippen LogP contribution is 2.38. The van der Waals surface area contributed by atoms with Gasteiger partial charge in [-0.05, 0) is 37.1 Å². The molecule has 102 valence electrons. The molecule has 1 aromatic heterocycles. The first-order chi connectivity index (χ1) is 9.61. The molecule has 0 unspecified atom stereocenters. The van der Waals surface area contributed by atoms with E-state index in [1.165, 1.54) is 6.33 Å². The smallest absolute Gasteiger partial charge is 0.274 e. The highest BCUT2D eigenvalue weighted by molar-refractivity contribution is 6.35. The summed E-state index contributed by atoms with van der Waals surface area (Å²) in [7, 11) is 0. The molecular formula is C14H11Cl2N3O. The summed E-state index contributed by atoms with van der Waals surface area (Å²) in [6.45, 7) is 0. The minimum Gasteiger partial charge on any atom is -0.321 e. The number of halogens is 2. The van der Waals surface area contributed by atoms with Crippen LogP contribution in [0.3, 0.4) is 0 Å². The van der Waals surface area contributed by atoms with Gasteiger partial charge in [0.15, 0.2) is 0 Å². The van der Waals surface area contributed by atoms with Crippen LogP contribution in [0.1, 0.15) is 34.9 Å². The molecule has 1 aliphatic carbocycles. The minimum atomic E-state index is -0.298. The zero-order chi connectivity index (χ0) is 14.1. The molecule has 0 radical (unpaired) electrons. The lowest BCUT2D eigenvalue weighted by molar-refractivity contribution is 0.102. The first-order valence-corrected chi connectivity index (χ1v) is 6.97. The first-order valence-electron chi connectivity index (χ1n) is 6.21. The van der Waals surface area contributed by atoms with Crippen molar-refractivity contribution in [2.45, 2.75) is 18.8 Å². The lowest BCUT2D eigenvalue weighted by Crippen LogP contribution is -2.14. The summed E-state index contributed by atoms with van der Waals surface area (Å²) >= 11 is 11.8. The zero-order valence-electron chi connectivity index (χ0n) is 10.4. The van der Waals surface area contributed by atoms with E-state index in [-0.39, 0.29) is 5.91 Å². The van der Waals surface area contributed by atoms with Gasteiger partial charge in [-0.1, -0.05) is 23.2 Å². The van der Waals surface area contributed by atoms with Gasteiger partial charge in [0.25, 0.3) is 5.91 Å². The van der Waals surface area contributed by atoms with E-state index in [9.17, 15) is 4.79 Å². The van der Waals surface area contributed by atoms with Crippen molar-refractivity contribution in [3.05, 3.63) is 52.0 Å². The second-order valence-corrected chi connectivity index (χ2v) is 5.59. The van der Waals surface area contributed by atoms with E-state index in [0.717, 1.165) is 18.5 Å². The van der Waals surface area contributed by atoms with Crippen molar-refractivity contribution in [1.82, 2.24) is 9.97 Å². The van der Waals surface area contributed by atoms with Gasteiger partial charge in [-0.25, -0.2) is 9.97 Å². The largest absolute Gasteiger partial charge is 0.321 e. The van der Waals surface area contributed by atoms with Gasteiger partial charge in [0, 0.05) is 27.3 Å². The fraction of sp³-hybridized carbons (Fsp3) is 0.214. The van der Waals surface area contributed by atoms with Crippen LogP contribution in [-0.2, 0) is 0 Å². The van der Waals surface area contributed by atoms with Crippen molar-refractivity contribution in [3.63, 3.8) is 0 Å². The molecule has 0 saturated heterocycles. The molecule has 1 amide bonds. The zero-order valence-corrected chi connectivity index (χ0v) is 11.9. The third-order valence-corrected chi connectivity index (χ3v) is 3.47. The maximum atomic E-state index is 12.1. The van der Waals surface area contributed by atoms with E-state index < -0.39 is 0 Å². The van der Waals surface area contributed by atoms with Crippen LogP contribution in [0.2, 0.25) is 10.0 Å². The summed E-state index contributed by atoms with van der Waals surface area (Å²) in [4.78, 5) is 20.3. The Balaban J connectivity index is 1.80. The van der Waals surface area contributed by atoms with E-state index in [0.29, 0.717) is 27.3 Å². The fourth-order valence-corrected chi connectivity index (χ4v) is 2.45. The van der Waals surface area contributed by atoms with Crippen molar-refractivity contribution in [1.29, 1.82) is 0 Å². The Kier molecular flexibility index (Phi) is 3.59. The molecule has 1 aromatic carbocycles. The Morgan fingerprint density at radius 3 is 2.45 bits per heavy atom. The molecule has 0 spiro atoms. The number of rotatable bonds is 3. The summed E-state index contributed by atoms with van der Waals surface area (Å²) in [5, 5.41) is 3.66. The van der Waals surface area contributed by atoms with Gasteiger partial charge in [-0.3, -0.25) is 4.79 Å². The number of carbonyl (C=O) groups excluding carboxylic acids is 1. The molecule has 4 nitrogen and oxygen atoms in total. The maximum absolute atomic E-state index is 12.1. The van der Waals surface area contributed by atoms with Crippen LogP contribution in [0.15, 0.2) is 30.6 Å². The summed E-state index contributed by atoms with van der Waals surface area (Å²) in [6.07, 6.45) is 3.68. The number of anilines is 1. The average Bonchev–Trinajstić information content (AvgIpc) is 3.22. The summed E-state index contributed by atoms with van der Waals surface area (Å²) in [5.74, 6) is 0.179. The van der Waals surface area contributed by atoms with E-state index in [1.54, 1.807) is 24.3 Å². The molecule has 1 heterocycles. The van der Waals surface area contributed by atoms with Gasteiger partial charge in [-0.2, -0.15) is 0 Å². The molecule has 0 aliphatic heterocycles. The first kappa shape index (κ1) is 13.3. The lowest BCUT2D eigenvalue weighted by atomic mass is 10.2. The average molecular weight is 308 g/mol. The Morgan fingerprint density at radius 2 is 1.80 bits per heavy atom. The normalized spacial score (nSPS) is 14.1. The van der Waals surface area contributed by atoms with Crippen molar-refractivity contribution in [3.8, 4) is 0 Å². The van der Waals surface area contributed by atoms with Gasteiger partial charge >= 0.3 is 0 Å². The standard InChI is InChI=1S/C14H11Cl2N3O/c15-9-3-10(16)5-11(4-9)19-14(20)13-6-12(8-1-2-8)17-7-18-13/h3-8H,1-2H2,(H,19,20). The van der Waals surface area contributed by atoms with Crippen LogP contribution in [0.5, 0.6) is 0 Å². The molecule has 1 saturated carbocycles. The van der Waals surface area contributed by atoms with Crippen LogP contribution in [0, 0.1) is 0 Å². The van der Waals surface area contributed by atoms with Crippen LogP contribution in [0.4, 0.5) is 5.69 Å². The lowest BCUT2D eigenvalue weighted by Gasteiger charge is -2.06. The second kappa shape index (κ2) is 5.38. The third kappa shape index (κ3) is 3.08. The van der Waals surface area contributed by atoms with Crippen LogP contribution in [-0.4, -0.2) is 15.9 Å². The molecule has 0 atom stereocenters. The highest BCUT2D eigenvalue weighted by Gasteiger charge is 2.25. The molecule has 6 heteroatoms. The number of aromatic nitrogens is 2. The predicted octanol–water partition coefficient (Wildman–Crippen LogP) is 3.91. The van der Waals surface area contributed by atoms with Gasteiger partial charge in [0.05, 0.1) is 0 Å². The number of hydrogen-bond donors (Lipinski definition) is 1. The summed E-state index contributed by atoms with van der Waals surface area (Å²) in [6, 6.07) is 6.61.